The van der Waals surface area contributed by atoms with E-state index in [1.807, 2.05) is 0 Å². The largest absolute Gasteiger partial charge is 0.697 e. The summed E-state index contributed by atoms with van der Waals surface area (Å²) in [5.74, 6) is 0. The highest BCUT2D eigenvalue weighted by Gasteiger charge is 2.34. The van der Waals surface area contributed by atoms with Crippen molar-refractivity contribution < 1.29 is 18.0 Å². The molecule has 70 valence electrons. The van der Waals surface area contributed by atoms with Gasteiger partial charge in [-0.1, -0.05) is 12.8 Å². The molecule has 3 atom stereocenters. The lowest BCUT2D eigenvalue weighted by atomic mass is 9.96. The molecule has 0 aliphatic heterocycles. The zero-order valence-electron chi connectivity index (χ0n) is 7.03. The highest BCUT2D eigenvalue weighted by Crippen LogP contribution is 2.32. The van der Waals surface area contributed by atoms with E-state index in [1.165, 1.54) is 7.11 Å². The van der Waals surface area contributed by atoms with Gasteiger partial charge in [0.05, 0.1) is 7.11 Å². The van der Waals surface area contributed by atoms with E-state index in [1.54, 1.807) is 0 Å². The van der Waals surface area contributed by atoms with Crippen LogP contribution in [-0.4, -0.2) is 19.4 Å². The minimum atomic E-state index is -2.12. The van der Waals surface area contributed by atoms with Crippen LogP contribution in [0, 0.1) is 0 Å². The van der Waals surface area contributed by atoms with Crippen LogP contribution >= 0.6 is 8.25 Å². The molecule has 1 aliphatic carbocycles. The zero-order valence-corrected chi connectivity index (χ0v) is 7.93. The van der Waals surface area contributed by atoms with Crippen LogP contribution in [0.3, 0.4) is 0 Å². The van der Waals surface area contributed by atoms with Gasteiger partial charge in [0, 0.05) is 4.57 Å². The van der Waals surface area contributed by atoms with Crippen molar-refractivity contribution in [3.8, 4) is 0 Å². The van der Waals surface area contributed by atoms with Crippen molar-refractivity contribution in [3.05, 3.63) is 0 Å². The molecule has 0 heterocycles. The molecular weight excluding hydrogens is 182 g/mol. The maximum Gasteiger partial charge on any atom is 0.697 e. The fourth-order valence-corrected chi connectivity index (χ4v) is 1.87. The average molecular weight is 195 g/mol. The van der Waals surface area contributed by atoms with Crippen molar-refractivity contribution in [1.29, 1.82) is 0 Å². The predicted molar refractivity (Wildman–Crippen MR) is 42.9 cm³/mol. The smallest absolute Gasteiger partial charge is 0.244 e. The van der Waals surface area contributed by atoms with Gasteiger partial charge < -0.3 is 0 Å². The van der Waals surface area contributed by atoms with Crippen molar-refractivity contribution >= 4 is 8.25 Å². The van der Waals surface area contributed by atoms with Gasteiger partial charge in [-0.25, -0.2) is 4.39 Å². The third-order valence-corrected chi connectivity index (χ3v) is 2.73. The summed E-state index contributed by atoms with van der Waals surface area (Å²) < 4.78 is 33.1. The molecule has 0 radical (unpaired) electrons. The Morgan fingerprint density at radius 2 is 2.08 bits per heavy atom. The first kappa shape index (κ1) is 10.0. The second kappa shape index (κ2) is 4.85. The highest BCUT2D eigenvalue weighted by molar-refractivity contribution is 7.33. The molecule has 12 heavy (non-hydrogen) atoms. The van der Waals surface area contributed by atoms with Gasteiger partial charge in [-0.2, -0.15) is 0 Å². The van der Waals surface area contributed by atoms with E-state index >= 15 is 0 Å². The van der Waals surface area contributed by atoms with E-state index in [4.69, 9.17) is 4.52 Å². The zero-order chi connectivity index (χ0) is 8.97. The van der Waals surface area contributed by atoms with Crippen LogP contribution < -0.4 is 0 Å². The molecular formula is C7H13FO3P+. The van der Waals surface area contributed by atoms with Crippen LogP contribution in [-0.2, 0) is 13.6 Å². The summed E-state index contributed by atoms with van der Waals surface area (Å²) >= 11 is 0. The van der Waals surface area contributed by atoms with Crippen LogP contribution in [0.2, 0.25) is 0 Å². The van der Waals surface area contributed by atoms with Gasteiger partial charge in [-0.15, -0.1) is 9.05 Å². The summed E-state index contributed by atoms with van der Waals surface area (Å²) in [4.78, 5) is 0. The summed E-state index contributed by atoms with van der Waals surface area (Å²) in [5, 5.41) is 0. The molecule has 0 aromatic heterocycles. The maximum atomic E-state index is 13.0. The van der Waals surface area contributed by atoms with Crippen LogP contribution in [0.25, 0.3) is 0 Å². The summed E-state index contributed by atoms with van der Waals surface area (Å²) in [7, 11) is -0.831. The van der Waals surface area contributed by atoms with Gasteiger partial charge in [0.25, 0.3) is 0 Å². The molecule has 3 nitrogen and oxygen atoms in total. The molecule has 1 saturated carbocycles. The van der Waals surface area contributed by atoms with Gasteiger partial charge in [-0.3, -0.25) is 0 Å². The quantitative estimate of drug-likeness (QED) is 0.649. The highest BCUT2D eigenvalue weighted by atomic mass is 31.1. The lowest BCUT2D eigenvalue weighted by molar-refractivity contribution is 0.0579. The summed E-state index contributed by atoms with van der Waals surface area (Å²) in [5.41, 5.74) is 0. The van der Waals surface area contributed by atoms with Crippen LogP contribution in [0.5, 0.6) is 0 Å². The molecule has 5 heteroatoms. The molecule has 0 N–H and O–H groups in total. The van der Waals surface area contributed by atoms with Crippen LogP contribution in [0.4, 0.5) is 4.39 Å². The Kier molecular flexibility index (Phi) is 4.06. The fraction of sp³-hybridized carbons (Fsp3) is 1.00. The Bertz CT molecular complexity index is 165. The van der Waals surface area contributed by atoms with Crippen molar-refractivity contribution in [2.24, 2.45) is 0 Å². The summed E-state index contributed by atoms with van der Waals surface area (Å²) in [6.45, 7) is 0. The Morgan fingerprint density at radius 1 is 1.42 bits per heavy atom. The van der Waals surface area contributed by atoms with Crippen molar-refractivity contribution in [3.63, 3.8) is 0 Å². The molecule has 1 rings (SSSR count). The molecule has 0 aromatic rings. The first-order valence-electron chi connectivity index (χ1n) is 4.06. The Morgan fingerprint density at radius 3 is 2.67 bits per heavy atom. The molecule has 3 unspecified atom stereocenters. The lowest BCUT2D eigenvalue weighted by Crippen LogP contribution is -2.27. The molecule has 0 bridgehead atoms. The number of hydrogen-bond acceptors (Lipinski definition) is 3. The van der Waals surface area contributed by atoms with E-state index in [9.17, 15) is 8.96 Å². The Balaban J connectivity index is 2.33. The first-order chi connectivity index (χ1) is 5.74. The van der Waals surface area contributed by atoms with E-state index < -0.39 is 20.5 Å². The number of halogens is 1. The standard InChI is InChI=1S/C7H13FO3P/c1-10-12(9)11-7-5-3-2-4-6(7)8/h6-7H,2-5H2,1H3/q+1. The fourth-order valence-electron chi connectivity index (χ4n) is 1.32. The Hall–Kier alpha value is -0.0500. The molecule has 0 saturated heterocycles. The van der Waals surface area contributed by atoms with Crippen molar-refractivity contribution in [1.82, 2.24) is 0 Å². The van der Waals surface area contributed by atoms with Gasteiger partial charge in [0.2, 0.25) is 0 Å². The third-order valence-electron chi connectivity index (χ3n) is 1.99. The third kappa shape index (κ3) is 2.77. The van der Waals surface area contributed by atoms with Crippen molar-refractivity contribution in [2.75, 3.05) is 7.11 Å². The lowest BCUT2D eigenvalue weighted by Gasteiger charge is -2.20. The second-order valence-electron chi connectivity index (χ2n) is 2.85. The summed E-state index contributed by atoms with van der Waals surface area (Å²) in [6, 6.07) is 0. The minimum Gasteiger partial charge on any atom is -0.244 e. The monoisotopic (exact) mass is 195 g/mol. The van der Waals surface area contributed by atoms with E-state index in [0.29, 0.717) is 12.8 Å². The average Bonchev–Trinajstić information content (AvgIpc) is 2.09. The van der Waals surface area contributed by atoms with E-state index in [2.05, 4.69) is 4.52 Å². The van der Waals surface area contributed by atoms with Crippen LogP contribution in [0.15, 0.2) is 0 Å². The van der Waals surface area contributed by atoms with Gasteiger partial charge in [0.1, 0.15) is 12.3 Å². The maximum absolute atomic E-state index is 13.0. The van der Waals surface area contributed by atoms with Gasteiger partial charge in [0.15, 0.2) is 0 Å². The molecule has 0 aromatic carbocycles. The van der Waals surface area contributed by atoms with Gasteiger partial charge in [-0.05, 0) is 12.8 Å². The molecule has 0 amide bonds. The van der Waals surface area contributed by atoms with Crippen molar-refractivity contribution in [2.45, 2.75) is 38.0 Å². The minimum absolute atomic E-state index is 0.511. The topological polar surface area (TPSA) is 35.5 Å². The van der Waals surface area contributed by atoms with Crippen LogP contribution in [0.1, 0.15) is 25.7 Å². The normalized spacial score (nSPS) is 31.7. The SMILES string of the molecule is CO[P+](=O)OC1CCCCC1F. The number of rotatable bonds is 3. The molecule has 1 aliphatic rings. The van der Waals surface area contributed by atoms with Gasteiger partial charge >= 0.3 is 8.25 Å². The predicted octanol–water partition coefficient (Wildman–Crippen LogP) is 2.59. The molecule has 1 fully saturated rings. The van der Waals surface area contributed by atoms with E-state index in [-0.39, 0.29) is 0 Å². The number of alkyl halides is 1. The second-order valence-corrected chi connectivity index (χ2v) is 3.87. The number of hydrogen-bond donors (Lipinski definition) is 0. The Labute approximate surface area is 72.2 Å². The molecule has 0 spiro atoms. The first-order valence-corrected chi connectivity index (χ1v) is 5.16. The van der Waals surface area contributed by atoms with E-state index in [0.717, 1.165) is 12.8 Å². The summed E-state index contributed by atoms with van der Waals surface area (Å²) in [6.07, 6.45) is 1.49.